The van der Waals surface area contributed by atoms with Gasteiger partial charge in [-0.2, -0.15) is 0 Å². The van der Waals surface area contributed by atoms with Crippen molar-refractivity contribution in [2.24, 2.45) is 5.92 Å². The second-order valence-electron chi connectivity index (χ2n) is 3.17. The lowest BCUT2D eigenvalue weighted by molar-refractivity contribution is -0.140. The molecule has 0 fully saturated rings. The quantitative estimate of drug-likeness (QED) is 0.527. The molecule has 0 amide bonds. The van der Waals surface area contributed by atoms with E-state index < -0.39 is 11.9 Å². The van der Waals surface area contributed by atoms with Gasteiger partial charge in [0.05, 0.1) is 0 Å². The van der Waals surface area contributed by atoms with Crippen LogP contribution in [0.1, 0.15) is 23.7 Å². The minimum Gasteiger partial charge on any atom is -0.481 e. The van der Waals surface area contributed by atoms with Crippen molar-refractivity contribution in [3.8, 4) is 0 Å². The third-order valence-electron chi connectivity index (χ3n) is 2.13. The molecule has 0 aliphatic carbocycles. The molecule has 0 spiro atoms. The highest BCUT2D eigenvalue weighted by molar-refractivity contribution is 14.1. The van der Waals surface area contributed by atoms with Crippen molar-refractivity contribution >= 4 is 34.3 Å². The molecule has 0 radical (unpaired) electrons. The van der Waals surface area contributed by atoms with Crippen molar-refractivity contribution < 1.29 is 14.7 Å². The zero-order valence-electron chi connectivity index (χ0n) is 8.24. The molecule has 0 aliphatic heterocycles. The van der Waals surface area contributed by atoms with Gasteiger partial charge in [0.15, 0.2) is 5.78 Å². The fourth-order valence-electron chi connectivity index (χ4n) is 1.32. The summed E-state index contributed by atoms with van der Waals surface area (Å²) in [6, 6.07) is 6.97. The second kappa shape index (κ2) is 5.25. The molecule has 1 aromatic carbocycles. The molecule has 1 unspecified atom stereocenters. The van der Waals surface area contributed by atoms with Crippen LogP contribution in [0.4, 0.5) is 0 Å². The molecular formula is C11H11IO3. The summed E-state index contributed by atoms with van der Waals surface area (Å²) in [5.41, 5.74) is 0.469. The maximum absolute atomic E-state index is 11.8. The standard InChI is InChI=1S/C11H11IO3/c1-2-9(11(14)15)10(13)7-4-3-5-8(12)6-7/h3-6,9H,2H2,1H3,(H,14,15). The average Bonchev–Trinajstić information content (AvgIpc) is 2.18. The predicted molar refractivity (Wildman–Crippen MR) is 64.9 cm³/mol. The summed E-state index contributed by atoms with van der Waals surface area (Å²) in [4.78, 5) is 22.6. The minimum atomic E-state index is -1.05. The predicted octanol–water partition coefficient (Wildman–Crippen LogP) is 2.58. The van der Waals surface area contributed by atoms with Gasteiger partial charge in [0.25, 0.3) is 0 Å². The summed E-state index contributed by atoms with van der Waals surface area (Å²) in [5, 5.41) is 8.85. The van der Waals surface area contributed by atoms with Crippen LogP contribution in [0.2, 0.25) is 0 Å². The third-order valence-corrected chi connectivity index (χ3v) is 2.80. The van der Waals surface area contributed by atoms with E-state index in [-0.39, 0.29) is 5.78 Å². The molecule has 1 aromatic rings. The Bertz CT molecular complexity index is 387. The van der Waals surface area contributed by atoms with E-state index in [1.165, 1.54) is 0 Å². The number of Topliss-reactive ketones (excluding diaryl/α,β-unsaturated/α-hetero) is 1. The van der Waals surface area contributed by atoms with Gasteiger partial charge in [-0.15, -0.1) is 0 Å². The number of rotatable bonds is 4. The summed E-state index contributed by atoms with van der Waals surface area (Å²) >= 11 is 2.09. The van der Waals surface area contributed by atoms with E-state index in [4.69, 9.17) is 5.11 Å². The zero-order valence-corrected chi connectivity index (χ0v) is 10.4. The van der Waals surface area contributed by atoms with Crippen LogP contribution in [0.15, 0.2) is 24.3 Å². The molecule has 0 saturated carbocycles. The molecular weight excluding hydrogens is 307 g/mol. The summed E-state index contributed by atoms with van der Waals surface area (Å²) in [5.74, 6) is -2.30. The lowest BCUT2D eigenvalue weighted by atomic mass is 9.95. The number of hydrogen-bond donors (Lipinski definition) is 1. The lowest BCUT2D eigenvalue weighted by Gasteiger charge is -2.08. The SMILES string of the molecule is CCC(C(=O)O)C(=O)c1cccc(I)c1. The molecule has 0 aromatic heterocycles. The van der Waals surface area contributed by atoms with Crippen molar-refractivity contribution in [1.29, 1.82) is 0 Å². The molecule has 1 atom stereocenters. The minimum absolute atomic E-state index is 0.316. The molecule has 1 rings (SSSR count). The van der Waals surface area contributed by atoms with Gasteiger partial charge >= 0.3 is 5.97 Å². The van der Waals surface area contributed by atoms with Crippen molar-refractivity contribution in [2.45, 2.75) is 13.3 Å². The summed E-state index contributed by atoms with van der Waals surface area (Å²) in [7, 11) is 0. The van der Waals surface area contributed by atoms with Crippen molar-refractivity contribution in [3.05, 3.63) is 33.4 Å². The molecule has 0 bridgehead atoms. The van der Waals surface area contributed by atoms with Crippen LogP contribution in [0.3, 0.4) is 0 Å². The Hall–Kier alpha value is -0.910. The van der Waals surface area contributed by atoms with E-state index >= 15 is 0 Å². The van der Waals surface area contributed by atoms with Crippen LogP contribution >= 0.6 is 22.6 Å². The fraction of sp³-hybridized carbons (Fsp3) is 0.273. The number of ketones is 1. The molecule has 15 heavy (non-hydrogen) atoms. The Morgan fingerprint density at radius 2 is 2.13 bits per heavy atom. The van der Waals surface area contributed by atoms with Gasteiger partial charge in [-0.25, -0.2) is 0 Å². The van der Waals surface area contributed by atoms with E-state index in [1.54, 1.807) is 25.1 Å². The van der Waals surface area contributed by atoms with Crippen LogP contribution in [0, 0.1) is 9.49 Å². The Morgan fingerprint density at radius 3 is 2.60 bits per heavy atom. The first kappa shape index (κ1) is 12.2. The topological polar surface area (TPSA) is 54.4 Å². The first-order valence-electron chi connectivity index (χ1n) is 4.58. The largest absolute Gasteiger partial charge is 0.481 e. The number of hydrogen-bond acceptors (Lipinski definition) is 2. The van der Waals surface area contributed by atoms with Gasteiger partial charge in [0.2, 0.25) is 0 Å². The smallest absolute Gasteiger partial charge is 0.314 e. The fourth-order valence-corrected chi connectivity index (χ4v) is 1.86. The first-order chi connectivity index (χ1) is 7.06. The zero-order chi connectivity index (χ0) is 11.4. The van der Waals surface area contributed by atoms with E-state index in [0.29, 0.717) is 12.0 Å². The van der Waals surface area contributed by atoms with Gasteiger partial charge < -0.3 is 5.11 Å². The Labute approximate surface area is 102 Å². The number of aliphatic carboxylic acids is 1. The highest BCUT2D eigenvalue weighted by Gasteiger charge is 2.25. The van der Waals surface area contributed by atoms with E-state index in [2.05, 4.69) is 22.6 Å². The number of carboxylic acid groups (broad SMARTS) is 1. The van der Waals surface area contributed by atoms with Gasteiger partial charge in [0.1, 0.15) is 5.92 Å². The number of carboxylic acids is 1. The number of carbonyl (C=O) groups is 2. The maximum Gasteiger partial charge on any atom is 0.314 e. The summed E-state index contributed by atoms with van der Waals surface area (Å²) < 4.78 is 0.929. The van der Waals surface area contributed by atoms with Crippen LogP contribution < -0.4 is 0 Å². The summed E-state index contributed by atoms with van der Waals surface area (Å²) in [6.45, 7) is 1.70. The molecule has 1 N–H and O–H groups in total. The van der Waals surface area contributed by atoms with Crippen molar-refractivity contribution in [2.75, 3.05) is 0 Å². The molecule has 0 aliphatic rings. The molecule has 0 saturated heterocycles. The first-order valence-corrected chi connectivity index (χ1v) is 5.66. The lowest BCUT2D eigenvalue weighted by Crippen LogP contribution is -2.23. The van der Waals surface area contributed by atoms with Gasteiger partial charge in [-0.1, -0.05) is 19.1 Å². The van der Waals surface area contributed by atoms with Crippen LogP contribution in [-0.4, -0.2) is 16.9 Å². The van der Waals surface area contributed by atoms with Crippen molar-refractivity contribution in [1.82, 2.24) is 0 Å². The second-order valence-corrected chi connectivity index (χ2v) is 4.42. The molecule has 4 heteroatoms. The van der Waals surface area contributed by atoms with Crippen molar-refractivity contribution in [3.63, 3.8) is 0 Å². The molecule has 3 nitrogen and oxygen atoms in total. The summed E-state index contributed by atoms with van der Waals surface area (Å²) in [6.07, 6.45) is 0.319. The number of benzene rings is 1. The maximum atomic E-state index is 11.8. The van der Waals surface area contributed by atoms with E-state index in [1.807, 2.05) is 6.07 Å². The monoisotopic (exact) mass is 318 g/mol. The molecule has 0 heterocycles. The van der Waals surface area contributed by atoms with Gasteiger partial charge in [0, 0.05) is 9.13 Å². The van der Waals surface area contributed by atoms with E-state index in [9.17, 15) is 9.59 Å². The van der Waals surface area contributed by atoms with Crippen LogP contribution in [0.25, 0.3) is 0 Å². The highest BCUT2D eigenvalue weighted by Crippen LogP contribution is 2.15. The number of halogens is 1. The van der Waals surface area contributed by atoms with E-state index in [0.717, 1.165) is 3.57 Å². The van der Waals surface area contributed by atoms with Crippen LogP contribution in [-0.2, 0) is 4.79 Å². The number of carbonyl (C=O) groups excluding carboxylic acids is 1. The Morgan fingerprint density at radius 1 is 1.47 bits per heavy atom. The van der Waals surface area contributed by atoms with Gasteiger partial charge in [-0.05, 0) is 41.1 Å². The third kappa shape index (κ3) is 3.02. The average molecular weight is 318 g/mol. The molecule has 80 valence electrons. The highest BCUT2D eigenvalue weighted by atomic mass is 127. The van der Waals surface area contributed by atoms with Gasteiger partial charge in [-0.3, -0.25) is 9.59 Å². The normalized spacial score (nSPS) is 12.1. The Kier molecular flexibility index (Phi) is 4.26. The Balaban J connectivity index is 2.98. The van der Waals surface area contributed by atoms with Crippen LogP contribution in [0.5, 0.6) is 0 Å².